The third kappa shape index (κ3) is 3.71. The van der Waals surface area contributed by atoms with Gasteiger partial charge in [-0.3, -0.25) is 9.36 Å². The standard InChI is InChI=1S/C21H22N2O5S2/c1-23-20(25)18-14-3-2-4-17(14)30-19(18)22-21(23)29-10-13(24)9-26-8-12-5-6-15-16(7-12)28-11-27-15/h5-7,13,24H,2-4,8-11H2,1H3/t13-/m0/s1. The van der Waals surface area contributed by atoms with Crippen LogP contribution in [0.25, 0.3) is 10.2 Å². The summed E-state index contributed by atoms with van der Waals surface area (Å²) in [6.07, 6.45) is 2.47. The number of aryl methyl sites for hydroxylation is 2. The van der Waals surface area contributed by atoms with Crippen molar-refractivity contribution >= 4 is 33.3 Å². The molecule has 2 aliphatic rings. The molecule has 0 bridgehead atoms. The van der Waals surface area contributed by atoms with Crippen molar-refractivity contribution in [3.8, 4) is 11.5 Å². The Morgan fingerprint density at radius 2 is 2.20 bits per heavy atom. The van der Waals surface area contributed by atoms with Crippen LogP contribution in [0, 0.1) is 0 Å². The number of thiophene rings is 1. The molecule has 1 aromatic carbocycles. The maximum Gasteiger partial charge on any atom is 0.262 e. The number of ether oxygens (including phenoxy) is 3. The van der Waals surface area contributed by atoms with Crippen LogP contribution < -0.4 is 15.0 Å². The monoisotopic (exact) mass is 446 g/mol. The number of rotatable bonds is 7. The highest BCUT2D eigenvalue weighted by Gasteiger charge is 2.22. The lowest BCUT2D eigenvalue weighted by atomic mass is 10.2. The van der Waals surface area contributed by atoms with Gasteiger partial charge in [-0.1, -0.05) is 17.8 Å². The molecule has 0 fully saturated rings. The van der Waals surface area contributed by atoms with E-state index >= 15 is 0 Å². The van der Waals surface area contributed by atoms with Gasteiger partial charge in [0.05, 0.1) is 24.7 Å². The van der Waals surface area contributed by atoms with Crippen LogP contribution in [0.1, 0.15) is 22.4 Å². The Kier molecular flexibility index (Phi) is 5.44. The highest BCUT2D eigenvalue weighted by atomic mass is 32.2. The highest BCUT2D eigenvalue weighted by molar-refractivity contribution is 7.99. The van der Waals surface area contributed by atoms with E-state index in [-0.39, 0.29) is 19.0 Å². The van der Waals surface area contributed by atoms with Crippen LogP contribution in [0.2, 0.25) is 0 Å². The second-order valence-corrected chi connectivity index (χ2v) is 9.53. The molecule has 1 atom stereocenters. The van der Waals surface area contributed by atoms with Crippen molar-refractivity contribution < 1.29 is 19.3 Å². The fourth-order valence-corrected chi connectivity index (χ4v) is 5.98. The lowest BCUT2D eigenvalue weighted by molar-refractivity contribution is 0.0397. The second kappa shape index (κ2) is 8.22. The number of fused-ring (bicyclic) bond motifs is 4. The Morgan fingerprint density at radius 1 is 1.33 bits per heavy atom. The van der Waals surface area contributed by atoms with Gasteiger partial charge in [-0.15, -0.1) is 11.3 Å². The topological polar surface area (TPSA) is 82.8 Å². The lowest BCUT2D eigenvalue weighted by Gasteiger charge is -2.12. The van der Waals surface area contributed by atoms with Gasteiger partial charge in [-0.2, -0.15) is 0 Å². The fourth-order valence-electron chi connectivity index (χ4n) is 3.80. The molecule has 30 heavy (non-hydrogen) atoms. The molecule has 7 nitrogen and oxygen atoms in total. The summed E-state index contributed by atoms with van der Waals surface area (Å²) in [5, 5.41) is 11.7. The molecule has 3 heterocycles. The zero-order chi connectivity index (χ0) is 20.7. The summed E-state index contributed by atoms with van der Waals surface area (Å²) in [7, 11) is 1.75. The maximum atomic E-state index is 12.8. The molecule has 9 heteroatoms. The van der Waals surface area contributed by atoms with Gasteiger partial charge in [-0.25, -0.2) is 4.98 Å². The first-order chi connectivity index (χ1) is 14.6. The average molecular weight is 447 g/mol. The van der Waals surface area contributed by atoms with Crippen molar-refractivity contribution in [2.75, 3.05) is 19.2 Å². The summed E-state index contributed by atoms with van der Waals surface area (Å²) in [5.74, 6) is 1.85. The Balaban J connectivity index is 1.18. The normalized spacial score (nSPS) is 15.7. The van der Waals surface area contributed by atoms with Crippen LogP contribution in [-0.2, 0) is 31.2 Å². The minimum absolute atomic E-state index is 0.00967. The first kappa shape index (κ1) is 19.9. The third-order valence-corrected chi connectivity index (χ3v) is 7.69. The van der Waals surface area contributed by atoms with Crippen LogP contribution in [0.5, 0.6) is 11.5 Å². The molecular weight excluding hydrogens is 424 g/mol. The van der Waals surface area contributed by atoms with Crippen molar-refractivity contribution in [2.45, 2.75) is 37.1 Å². The number of aliphatic hydroxyl groups is 1. The van der Waals surface area contributed by atoms with E-state index in [0.717, 1.165) is 40.8 Å². The molecule has 1 N–H and O–H groups in total. The third-order valence-electron chi connectivity index (χ3n) is 5.33. The Morgan fingerprint density at radius 3 is 3.10 bits per heavy atom. The molecule has 3 aromatic rings. The van der Waals surface area contributed by atoms with E-state index in [1.807, 2.05) is 18.2 Å². The number of hydrogen-bond acceptors (Lipinski definition) is 8. The van der Waals surface area contributed by atoms with E-state index in [1.54, 1.807) is 23.0 Å². The van der Waals surface area contributed by atoms with Crippen LogP contribution >= 0.6 is 23.1 Å². The molecule has 5 rings (SSSR count). The second-order valence-electron chi connectivity index (χ2n) is 7.46. The van der Waals surface area contributed by atoms with E-state index in [4.69, 9.17) is 19.2 Å². The van der Waals surface area contributed by atoms with Gasteiger partial charge in [-0.05, 0) is 42.5 Å². The molecule has 0 radical (unpaired) electrons. The fraction of sp³-hybridized carbons (Fsp3) is 0.429. The predicted molar refractivity (Wildman–Crippen MR) is 116 cm³/mol. The maximum absolute atomic E-state index is 12.8. The average Bonchev–Trinajstić information content (AvgIpc) is 3.44. The summed E-state index contributed by atoms with van der Waals surface area (Å²) < 4.78 is 17.9. The molecule has 0 spiro atoms. The predicted octanol–water partition coefficient (Wildman–Crippen LogP) is 2.88. The van der Waals surface area contributed by atoms with Crippen molar-refractivity contribution in [3.05, 3.63) is 44.6 Å². The van der Waals surface area contributed by atoms with Crippen molar-refractivity contribution in [3.63, 3.8) is 0 Å². The van der Waals surface area contributed by atoms with E-state index < -0.39 is 6.10 Å². The molecule has 1 aliphatic heterocycles. The first-order valence-electron chi connectivity index (χ1n) is 9.88. The smallest absolute Gasteiger partial charge is 0.262 e. The van der Waals surface area contributed by atoms with Crippen LogP contribution in [0.15, 0.2) is 28.2 Å². The summed E-state index contributed by atoms with van der Waals surface area (Å²) in [6.45, 7) is 0.818. The number of hydrogen-bond donors (Lipinski definition) is 1. The number of thioether (sulfide) groups is 1. The summed E-state index contributed by atoms with van der Waals surface area (Å²) >= 11 is 3.01. The van der Waals surface area contributed by atoms with Crippen molar-refractivity contribution in [1.29, 1.82) is 0 Å². The molecule has 0 unspecified atom stereocenters. The first-order valence-corrected chi connectivity index (χ1v) is 11.7. The van der Waals surface area contributed by atoms with Crippen molar-refractivity contribution in [1.82, 2.24) is 9.55 Å². The minimum Gasteiger partial charge on any atom is -0.454 e. The summed E-state index contributed by atoms with van der Waals surface area (Å²) in [4.78, 5) is 19.7. The van der Waals surface area contributed by atoms with Gasteiger partial charge in [0.1, 0.15) is 4.83 Å². The number of aliphatic hydroxyl groups excluding tert-OH is 1. The number of nitrogens with zero attached hydrogens (tertiary/aromatic N) is 2. The zero-order valence-corrected chi connectivity index (χ0v) is 18.2. The molecule has 1 aliphatic carbocycles. The van der Waals surface area contributed by atoms with Gasteiger partial charge in [0.2, 0.25) is 6.79 Å². The van der Waals surface area contributed by atoms with E-state index in [2.05, 4.69) is 0 Å². The summed E-state index contributed by atoms with van der Waals surface area (Å²) in [6, 6.07) is 5.66. The SMILES string of the molecule is Cn1c(SC[C@@H](O)COCc2ccc3c(c2)OCO3)nc2sc3c(c2c1=O)CCC3. The molecule has 0 saturated carbocycles. The van der Waals surface area contributed by atoms with Gasteiger partial charge in [0.25, 0.3) is 5.56 Å². The lowest BCUT2D eigenvalue weighted by Crippen LogP contribution is -2.22. The zero-order valence-electron chi connectivity index (χ0n) is 16.6. The van der Waals surface area contributed by atoms with E-state index in [9.17, 15) is 9.90 Å². The van der Waals surface area contributed by atoms with Gasteiger partial charge in [0.15, 0.2) is 16.7 Å². The Labute approximate surface area is 181 Å². The molecule has 0 amide bonds. The summed E-state index contributed by atoms with van der Waals surface area (Å²) in [5.41, 5.74) is 2.16. The van der Waals surface area contributed by atoms with Crippen molar-refractivity contribution in [2.24, 2.45) is 7.05 Å². The Hall–Kier alpha value is -2.07. The van der Waals surface area contributed by atoms with Crippen LogP contribution in [0.4, 0.5) is 0 Å². The molecule has 0 saturated heterocycles. The van der Waals surface area contributed by atoms with Crippen LogP contribution in [0.3, 0.4) is 0 Å². The van der Waals surface area contributed by atoms with Gasteiger partial charge in [0, 0.05) is 17.7 Å². The van der Waals surface area contributed by atoms with Gasteiger partial charge >= 0.3 is 0 Å². The Bertz CT molecular complexity index is 1160. The number of benzene rings is 1. The van der Waals surface area contributed by atoms with Gasteiger partial charge < -0.3 is 19.3 Å². The van der Waals surface area contributed by atoms with Crippen LogP contribution in [-0.4, -0.2) is 39.9 Å². The minimum atomic E-state index is -0.662. The van der Waals surface area contributed by atoms with E-state index in [0.29, 0.717) is 23.3 Å². The largest absolute Gasteiger partial charge is 0.454 e. The molecule has 158 valence electrons. The van der Waals surface area contributed by atoms with E-state index in [1.165, 1.54) is 22.2 Å². The highest BCUT2D eigenvalue weighted by Crippen LogP contribution is 2.35. The quantitative estimate of drug-likeness (QED) is 0.441. The number of aromatic nitrogens is 2. The molecule has 2 aromatic heterocycles. The molecular formula is C21H22N2O5S2.